The smallest absolute Gasteiger partial charge is 0.266 e. The van der Waals surface area contributed by atoms with Gasteiger partial charge in [-0.05, 0) is 48.9 Å². The molecule has 1 amide bonds. The second-order valence-corrected chi connectivity index (χ2v) is 6.12. The summed E-state index contributed by atoms with van der Waals surface area (Å²) in [6.07, 6.45) is 1.57. The van der Waals surface area contributed by atoms with Gasteiger partial charge in [-0.25, -0.2) is 4.99 Å². The van der Waals surface area contributed by atoms with E-state index in [1.54, 1.807) is 43.3 Å². The van der Waals surface area contributed by atoms with Crippen LogP contribution >= 0.6 is 23.2 Å². The maximum Gasteiger partial charge on any atom is 0.282 e. The Bertz CT molecular complexity index is 937. The molecule has 1 aliphatic heterocycles. The van der Waals surface area contributed by atoms with E-state index in [0.717, 1.165) is 0 Å². The summed E-state index contributed by atoms with van der Waals surface area (Å²) in [6.45, 7) is 1.69. The summed E-state index contributed by atoms with van der Waals surface area (Å²) < 4.78 is 0. The zero-order valence-corrected chi connectivity index (χ0v) is 14.5. The van der Waals surface area contributed by atoms with Gasteiger partial charge in [-0.3, -0.25) is 19.8 Å². The number of halogens is 2. The van der Waals surface area contributed by atoms with Gasteiger partial charge in [-0.1, -0.05) is 23.2 Å². The second-order valence-electron chi connectivity index (χ2n) is 5.27. The minimum Gasteiger partial charge on any atom is -0.266 e. The average Bonchev–Trinajstić information content (AvgIpc) is 2.82. The largest absolute Gasteiger partial charge is 0.282 e. The summed E-state index contributed by atoms with van der Waals surface area (Å²) >= 11 is 12.1. The summed E-state index contributed by atoms with van der Waals surface area (Å²) in [6, 6.07) is 10.7. The zero-order valence-electron chi connectivity index (χ0n) is 12.9. The van der Waals surface area contributed by atoms with Crippen LogP contribution in [0.4, 0.5) is 11.4 Å². The van der Waals surface area contributed by atoms with Crippen molar-refractivity contribution >= 4 is 52.4 Å². The van der Waals surface area contributed by atoms with Crippen LogP contribution in [0.15, 0.2) is 53.2 Å². The van der Waals surface area contributed by atoms with E-state index in [-0.39, 0.29) is 17.3 Å². The maximum absolute atomic E-state index is 12.7. The molecule has 0 spiro atoms. The molecule has 0 N–H and O–H groups in total. The lowest BCUT2D eigenvalue weighted by Gasteiger charge is -2.17. The molecule has 8 heteroatoms. The Kier molecular flexibility index (Phi) is 4.57. The van der Waals surface area contributed by atoms with Gasteiger partial charge in [0.25, 0.3) is 11.6 Å². The van der Waals surface area contributed by atoms with Gasteiger partial charge in [-0.15, -0.1) is 0 Å². The molecule has 3 rings (SSSR count). The van der Waals surface area contributed by atoms with Gasteiger partial charge in [-0.2, -0.15) is 0 Å². The average molecular weight is 376 g/mol. The van der Waals surface area contributed by atoms with Crippen molar-refractivity contribution in [3.63, 3.8) is 0 Å². The maximum atomic E-state index is 12.7. The molecule has 25 heavy (non-hydrogen) atoms. The van der Waals surface area contributed by atoms with Gasteiger partial charge in [0.2, 0.25) is 0 Å². The van der Waals surface area contributed by atoms with Crippen molar-refractivity contribution in [2.24, 2.45) is 4.99 Å². The lowest BCUT2D eigenvalue weighted by molar-refractivity contribution is -0.384. The molecule has 0 aliphatic carbocycles. The standard InChI is InChI=1S/C17H11Cl2N3O3/c1-10-20-15(8-11-2-5-13(6-3-11)22(24)25)17(23)21(10)16-7-4-12(18)9-14(16)19/h2-9H,1H3/b15-8-. The number of hydrogen-bond acceptors (Lipinski definition) is 4. The predicted octanol–water partition coefficient (Wildman–Crippen LogP) is 4.71. The number of nitro groups is 1. The molecule has 0 saturated carbocycles. The van der Waals surface area contributed by atoms with Crippen LogP contribution < -0.4 is 4.90 Å². The monoisotopic (exact) mass is 375 g/mol. The van der Waals surface area contributed by atoms with Crippen LogP contribution in [0.25, 0.3) is 6.08 Å². The molecule has 0 bridgehead atoms. The van der Waals surface area contributed by atoms with E-state index in [4.69, 9.17) is 23.2 Å². The highest BCUT2D eigenvalue weighted by Gasteiger charge is 2.30. The summed E-state index contributed by atoms with van der Waals surface area (Å²) in [5.41, 5.74) is 1.32. The molecule has 0 radical (unpaired) electrons. The summed E-state index contributed by atoms with van der Waals surface area (Å²) in [5, 5.41) is 11.5. The van der Waals surface area contributed by atoms with E-state index in [1.807, 2.05) is 0 Å². The number of nitro benzene ring substituents is 1. The van der Waals surface area contributed by atoms with Crippen molar-refractivity contribution < 1.29 is 9.72 Å². The molecule has 0 atom stereocenters. The first kappa shape index (κ1) is 17.1. The minimum atomic E-state index is -0.482. The van der Waals surface area contributed by atoms with Gasteiger partial charge in [0.05, 0.1) is 15.6 Å². The molecule has 0 aromatic heterocycles. The molecule has 126 valence electrons. The van der Waals surface area contributed by atoms with E-state index in [2.05, 4.69) is 4.99 Å². The SMILES string of the molecule is CC1=N/C(=C\c2ccc([N+](=O)[O-])cc2)C(=O)N1c1ccc(Cl)cc1Cl. The van der Waals surface area contributed by atoms with Gasteiger partial charge in [0.1, 0.15) is 11.5 Å². The Balaban J connectivity index is 1.93. The highest BCUT2D eigenvalue weighted by Crippen LogP contribution is 2.33. The molecule has 6 nitrogen and oxygen atoms in total. The number of anilines is 1. The van der Waals surface area contributed by atoms with Gasteiger partial charge >= 0.3 is 0 Å². The number of hydrogen-bond donors (Lipinski definition) is 0. The van der Waals surface area contributed by atoms with Gasteiger partial charge < -0.3 is 0 Å². The topological polar surface area (TPSA) is 75.8 Å². The Morgan fingerprint density at radius 3 is 2.44 bits per heavy atom. The number of aliphatic imine (C=N–C) groups is 1. The summed E-state index contributed by atoms with van der Waals surface area (Å²) in [7, 11) is 0. The number of rotatable bonds is 3. The third-order valence-corrected chi connectivity index (χ3v) is 4.12. The van der Waals surface area contributed by atoms with Crippen molar-refractivity contribution in [1.29, 1.82) is 0 Å². The zero-order chi connectivity index (χ0) is 18.1. The number of carbonyl (C=O) groups is 1. The summed E-state index contributed by atoms with van der Waals surface area (Å²) in [4.78, 5) is 28.6. The van der Waals surface area contributed by atoms with Crippen molar-refractivity contribution in [1.82, 2.24) is 0 Å². The quantitative estimate of drug-likeness (QED) is 0.442. The number of amides is 1. The van der Waals surface area contributed by atoms with Crippen LogP contribution in [0.5, 0.6) is 0 Å². The number of nitrogens with zero attached hydrogens (tertiary/aromatic N) is 3. The normalized spacial score (nSPS) is 15.6. The molecular formula is C17H11Cl2N3O3. The highest BCUT2D eigenvalue weighted by atomic mass is 35.5. The molecule has 2 aromatic rings. The van der Waals surface area contributed by atoms with Crippen molar-refractivity contribution in [3.05, 3.63) is 73.9 Å². The van der Waals surface area contributed by atoms with Gasteiger partial charge in [0, 0.05) is 17.2 Å². The van der Waals surface area contributed by atoms with Crippen LogP contribution in [0.1, 0.15) is 12.5 Å². The van der Waals surface area contributed by atoms with E-state index < -0.39 is 4.92 Å². The fraction of sp³-hybridized carbons (Fsp3) is 0.0588. The Labute approximate surface area is 153 Å². The molecular weight excluding hydrogens is 365 g/mol. The van der Waals surface area contributed by atoms with E-state index in [9.17, 15) is 14.9 Å². The van der Waals surface area contributed by atoms with E-state index in [0.29, 0.717) is 27.1 Å². The fourth-order valence-electron chi connectivity index (χ4n) is 2.42. The summed E-state index contributed by atoms with van der Waals surface area (Å²) in [5.74, 6) is 0.141. The van der Waals surface area contributed by atoms with E-state index >= 15 is 0 Å². The van der Waals surface area contributed by atoms with Crippen LogP contribution in [-0.4, -0.2) is 16.7 Å². The van der Waals surface area contributed by atoms with E-state index in [1.165, 1.54) is 17.0 Å². The number of carbonyl (C=O) groups excluding carboxylic acids is 1. The number of benzene rings is 2. The lowest BCUT2D eigenvalue weighted by atomic mass is 10.1. The van der Waals surface area contributed by atoms with Crippen LogP contribution in [-0.2, 0) is 4.79 Å². The number of amidine groups is 1. The minimum absolute atomic E-state index is 0.0193. The van der Waals surface area contributed by atoms with Crippen molar-refractivity contribution in [2.45, 2.75) is 6.92 Å². The predicted molar refractivity (Wildman–Crippen MR) is 98.1 cm³/mol. The molecule has 0 fully saturated rings. The first-order chi connectivity index (χ1) is 11.9. The molecule has 0 unspecified atom stereocenters. The Morgan fingerprint density at radius 1 is 1.16 bits per heavy atom. The molecule has 0 saturated heterocycles. The third-order valence-electron chi connectivity index (χ3n) is 3.59. The van der Waals surface area contributed by atoms with Crippen LogP contribution in [0.3, 0.4) is 0 Å². The Hall–Kier alpha value is -2.70. The first-order valence-electron chi connectivity index (χ1n) is 7.18. The Morgan fingerprint density at radius 2 is 1.84 bits per heavy atom. The first-order valence-corrected chi connectivity index (χ1v) is 7.93. The molecule has 1 aliphatic rings. The second kappa shape index (κ2) is 6.66. The van der Waals surface area contributed by atoms with Crippen LogP contribution in [0, 0.1) is 10.1 Å². The van der Waals surface area contributed by atoms with Gasteiger partial charge in [0.15, 0.2) is 0 Å². The fourth-order valence-corrected chi connectivity index (χ4v) is 2.92. The third kappa shape index (κ3) is 3.40. The number of non-ortho nitro benzene ring substituents is 1. The molecule has 2 aromatic carbocycles. The van der Waals surface area contributed by atoms with Crippen molar-refractivity contribution in [2.75, 3.05) is 4.90 Å². The van der Waals surface area contributed by atoms with Crippen LogP contribution in [0.2, 0.25) is 10.0 Å². The van der Waals surface area contributed by atoms with Crippen molar-refractivity contribution in [3.8, 4) is 0 Å². The lowest BCUT2D eigenvalue weighted by Crippen LogP contribution is -2.30. The molecule has 1 heterocycles. The highest BCUT2D eigenvalue weighted by molar-refractivity contribution is 6.39.